The van der Waals surface area contributed by atoms with Crippen molar-refractivity contribution in [1.82, 2.24) is 4.57 Å². The van der Waals surface area contributed by atoms with Crippen LogP contribution in [-0.2, 0) is 22.4 Å². The summed E-state index contributed by atoms with van der Waals surface area (Å²) >= 11 is 0. The number of ether oxygens (including phenoxy) is 1. The number of para-hydroxylation sites is 1. The Kier molecular flexibility index (Phi) is 3.96. The first-order valence-electron chi connectivity index (χ1n) is 8.02. The van der Waals surface area contributed by atoms with Crippen molar-refractivity contribution in [2.45, 2.75) is 52.2 Å². The molecule has 4 heteroatoms. The third-order valence-electron chi connectivity index (χ3n) is 4.49. The number of hydrogen-bond donors (Lipinski definition) is 1. The van der Waals surface area contributed by atoms with Crippen LogP contribution in [0.1, 0.15) is 56.2 Å². The van der Waals surface area contributed by atoms with E-state index in [9.17, 15) is 9.90 Å². The minimum atomic E-state index is -0.811. The first kappa shape index (κ1) is 15.1. The molecule has 1 unspecified atom stereocenters. The van der Waals surface area contributed by atoms with Gasteiger partial charge in [0.15, 0.2) is 0 Å². The molecule has 2 heterocycles. The smallest absolute Gasteiger partial charge is 0.306 e. The highest BCUT2D eigenvalue weighted by molar-refractivity contribution is 5.89. The fourth-order valence-electron chi connectivity index (χ4n) is 3.65. The maximum Gasteiger partial charge on any atom is 0.306 e. The first-order valence-corrected chi connectivity index (χ1v) is 8.02. The van der Waals surface area contributed by atoms with Crippen LogP contribution in [-0.4, -0.2) is 22.2 Å². The molecule has 0 spiro atoms. The fourth-order valence-corrected chi connectivity index (χ4v) is 3.65. The highest BCUT2D eigenvalue weighted by atomic mass is 16.5. The third-order valence-corrected chi connectivity index (χ3v) is 4.49. The van der Waals surface area contributed by atoms with Crippen LogP contribution in [0.2, 0.25) is 0 Å². The minimum Gasteiger partial charge on any atom is -0.481 e. The topological polar surface area (TPSA) is 51.5 Å². The summed E-state index contributed by atoms with van der Waals surface area (Å²) in [5, 5.41) is 10.5. The molecule has 0 saturated heterocycles. The molecule has 0 saturated carbocycles. The zero-order chi connectivity index (χ0) is 15.9. The van der Waals surface area contributed by atoms with Gasteiger partial charge < -0.3 is 14.4 Å². The van der Waals surface area contributed by atoms with Crippen molar-refractivity contribution >= 4 is 16.9 Å². The Bertz CT molecular complexity index is 715. The number of carboxylic acid groups (broad SMARTS) is 1. The molecule has 0 amide bonds. The van der Waals surface area contributed by atoms with Gasteiger partial charge in [-0.25, -0.2) is 0 Å². The minimum absolute atomic E-state index is 0.0253. The standard InChI is InChI=1S/C18H23NO3/c1-4-12-6-5-7-13-14-8-9-22-15(10-16(20)21)18(14)19(11(2)3)17(12)13/h5-7,11,15H,4,8-10H2,1-3H3,(H,20,21). The Labute approximate surface area is 130 Å². The molecule has 0 aliphatic carbocycles. The summed E-state index contributed by atoms with van der Waals surface area (Å²) in [6.07, 6.45) is 1.50. The lowest BCUT2D eigenvalue weighted by molar-refractivity contribution is -0.140. The molecule has 1 aromatic heterocycles. The van der Waals surface area contributed by atoms with Gasteiger partial charge in [-0.2, -0.15) is 0 Å². The van der Waals surface area contributed by atoms with E-state index in [-0.39, 0.29) is 18.6 Å². The second kappa shape index (κ2) is 5.76. The molecule has 2 aromatic rings. The van der Waals surface area contributed by atoms with Gasteiger partial charge in [-0.05, 0) is 37.8 Å². The van der Waals surface area contributed by atoms with E-state index < -0.39 is 5.97 Å². The van der Waals surface area contributed by atoms with Crippen molar-refractivity contribution < 1.29 is 14.6 Å². The van der Waals surface area contributed by atoms with Crippen LogP contribution < -0.4 is 0 Å². The summed E-state index contributed by atoms with van der Waals surface area (Å²) in [6.45, 7) is 7.06. The molecule has 1 aliphatic rings. The average molecular weight is 301 g/mol. The zero-order valence-electron chi connectivity index (χ0n) is 13.4. The van der Waals surface area contributed by atoms with Crippen molar-refractivity contribution in [2.24, 2.45) is 0 Å². The van der Waals surface area contributed by atoms with Gasteiger partial charge in [0.05, 0.1) is 24.2 Å². The number of carboxylic acids is 1. The monoisotopic (exact) mass is 301 g/mol. The van der Waals surface area contributed by atoms with Crippen LogP contribution in [0.3, 0.4) is 0 Å². The summed E-state index contributed by atoms with van der Waals surface area (Å²) in [6, 6.07) is 6.71. The predicted octanol–water partition coefficient (Wildman–Crippen LogP) is 3.87. The highest BCUT2D eigenvalue weighted by Crippen LogP contribution is 2.40. The highest BCUT2D eigenvalue weighted by Gasteiger charge is 2.31. The van der Waals surface area contributed by atoms with Crippen molar-refractivity contribution in [3.05, 3.63) is 35.0 Å². The third kappa shape index (κ3) is 2.31. The van der Waals surface area contributed by atoms with E-state index in [1.54, 1.807) is 0 Å². The number of fused-ring (bicyclic) bond motifs is 3. The Morgan fingerprint density at radius 2 is 2.23 bits per heavy atom. The number of carbonyl (C=O) groups is 1. The van der Waals surface area contributed by atoms with Gasteiger partial charge in [0, 0.05) is 11.4 Å². The zero-order valence-corrected chi connectivity index (χ0v) is 13.4. The van der Waals surface area contributed by atoms with Crippen molar-refractivity contribution in [1.29, 1.82) is 0 Å². The summed E-state index contributed by atoms with van der Waals surface area (Å²) in [7, 11) is 0. The Hall–Kier alpha value is -1.81. The lowest BCUT2D eigenvalue weighted by Crippen LogP contribution is -2.22. The fraction of sp³-hybridized carbons (Fsp3) is 0.500. The van der Waals surface area contributed by atoms with Crippen LogP contribution in [0.4, 0.5) is 0 Å². The van der Waals surface area contributed by atoms with E-state index in [0.29, 0.717) is 6.61 Å². The number of nitrogens with zero attached hydrogens (tertiary/aromatic N) is 1. The normalized spacial score (nSPS) is 17.9. The molecule has 1 aliphatic heterocycles. The number of benzene rings is 1. The van der Waals surface area contributed by atoms with Crippen molar-refractivity contribution in [3.63, 3.8) is 0 Å². The number of aromatic nitrogens is 1. The number of aryl methyl sites for hydroxylation is 1. The molecule has 0 fully saturated rings. The quantitative estimate of drug-likeness (QED) is 0.932. The van der Waals surface area contributed by atoms with Crippen LogP contribution in [0, 0.1) is 0 Å². The molecule has 118 valence electrons. The van der Waals surface area contributed by atoms with E-state index in [1.165, 1.54) is 22.0 Å². The lowest BCUT2D eigenvalue weighted by Gasteiger charge is -2.26. The second-order valence-corrected chi connectivity index (χ2v) is 6.20. The van der Waals surface area contributed by atoms with Crippen LogP contribution in [0.25, 0.3) is 10.9 Å². The van der Waals surface area contributed by atoms with Crippen LogP contribution >= 0.6 is 0 Å². The SMILES string of the molecule is CCc1cccc2c3c(n(C(C)C)c12)C(CC(=O)O)OCC3. The summed E-state index contributed by atoms with van der Waals surface area (Å²) in [5.74, 6) is -0.811. The van der Waals surface area contributed by atoms with Crippen LogP contribution in [0.5, 0.6) is 0 Å². The van der Waals surface area contributed by atoms with Gasteiger partial charge in [-0.3, -0.25) is 4.79 Å². The van der Waals surface area contributed by atoms with Crippen molar-refractivity contribution in [2.75, 3.05) is 6.61 Å². The molecular weight excluding hydrogens is 278 g/mol. The largest absolute Gasteiger partial charge is 0.481 e. The van der Waals surface area contributed by atoms with E-state index in [2.05, 4.69) is 43.5 Å². The van der Waals surface area contributed by atoms with Gasteiger partial charge in [0.2, 0.25) is 0 Å². The van der Waals surface area contributed by atoms with E-state index in [0.717, 1.165) is 18.5 Å². The van der Waals surface area contributed by atoms with E-state index >= 15 is 0 Å². The summed E-state index contributed by atoms with van der Waals surface area (Å²) in [4.78, 5) is 11.2. The molecule has 22 heavy (non-hydrogen) atoms. The molecule has 4 nitrogen and oxygen atoms in total. The van der Waals surface area contributed by atoms with E-state index in [4.69, 9.17) is 4.74 Å². The van der Waals surface area contributed by atoms with Crippen molar-refractivity contribution in [3.8, 4) is 0 Å². The van der Waals surface area contributed by atoms with Gasteiger partial charge >= 0.3 is 5.97 Å². The average Bonchev–Trinajstić information content (AvgIpc) is 2.82. The predicted molar refractivity (Wildman–Crippen MR) is 86.4 cm³/mol. The molecule has 1 atom stereocenters. The molecule has 1 aromatic carbocycles. The molecule has 1 N–H and O–H groups in total. The maximum atomic E-state index is 11.2. The Balaban J connectivity index is 2.31. The van der Waals surface area contributed by atoms with Gasteiger partial charge in [0.1, 0.15) is 6.10 Å². The molecule has 0 bridgehead atoms. The van der Waals surface area contributed by atoms with Gasteiger partial charge in [-0.15, -0.1) is 0 Å². The lowest BCUT2D eigenvalue weighted by atomic mass is 9.99. The maximum absolute atomic E-state index is 11.2. The second-order valence-electron chi connectivity index (χ2n) is 6.20. The number of aliphatic carboxylic acids is 1. The molecule has 0 radical (unpaired) electrons. The van der Waals surface area contributed by atoms with Gasteiger partial charge in [0.25, 0.3) is 0 Å². The number of hydrogen-bond acceptors (Lipinski definition) is 2. The molecule has 3 rings (SSSR count). The Morgan fingerprint density at radius 3 is 2.86 bits per heavy atom. The van der Waals surface area contributed by atoms with E-state index in [1.807, 2.05) is 0 Å². The first-order chi connectivity index (χ1) is 10.5. The molecular formula is C18H23NO3. The number of rotatable bonds is 4. The summed E-state index contributed by atoms with van der Waals surface area (Å²) < 4.78 is 8.11. The van der Waals surface area contributed by atoms with Gasteiger partial charge in [-0.1, -0.05) is 25.1 Å². The van der Waals surface area contributed by atoms with Crippen LogP contribution in [0.15, 0.2) is 18.2 Å². The summed E-state index contributed by atoms with van der Waals surface area (Å²) in [5.41, 5.74) is 4.91. The Morgan fingerprint density at radius 1 is 1.45 bits per heavy atom.